The summed E-state index contributed by atoms with van der Waals surface area (Å²) in [5.41, 5.74) is 0.255. The molecule has 5 nitrogen and oxygen atoms in total. The second-order valence-electron chi connectivity index (χ2n) is 4.95. The summed E-state index contributed by atoms with van der Waals surface area (Å²) in [6.07, 6.45) is 3.22. The highest BCUT2D eigenvalue weighted by Crippen LogP contribution is 2.11. The van der Waals surface area contributed by atoms with E-state index in [1.165, 1.54) is 4.90 Å². The predicted octanol–water partition coefficient (Wildman–Crippen LogP) is 1.26. The molecule has 0 aliphatic carbocycles. The number of aromatic nitrogens is 2. The van der Waals surface area contributed by atoms with Gasteiger partial charge in [0.25, 0.3) is 0 Å². The highest BCUT2D eigenvalue weighted by atomic mass is 19.1. The molecule has 2 rings (SSSR count). The number of hydrogen-bond acceptors (Lipinski definition) is 3. The Morgan fingerprint density at radius 2 is 2.00 bits per heavy atom. The first-order valence-electron chi connectivity index (χ1n) is 6.79. The molecule has 0 bridgehead atoms. The Morgan fingerprint density at radius 3 is 2.55 bits per heavy atom. The van der Waals surface area contributed by atoms with Crippen molar-refractivity contribution < 1.29 is 18.7 Å². The molecule has 0 aliphatic heterocycles. The fourth-order valence-corrected chi connectivity index (χ4v) is 2.13. The average Bonchev–Trinajstić information content (AvgIpc) is 2.82. The Bertz CT molecular complexity index is 638. The van der Waals surface area contributed by atoms with Gasteiger partial charge < -0.3 is 14.6 Å². The molecule has 22 heavy (non-hydrogen) atoms. The van der Waals surface area contributed by atoms with Crippen LogP contribution in [0, 0.1) is 11.6 Å². The Morgan fingerprint density at radius 1 is 1.32 bits per heavy atom. The lowest BCUT2D eigenvalue weighted by Gasteiger charge is -2.21. The molecule has 0 saturated carbocycles. The number of carbonyl (C=O) groups is 1. The quantitative estimate of drug-likeness (QED) is 0.874. The van der Waals surface area contributed by atoms with Gasteiger partial charge in [0.2, 0.25) is 5.91 Å². The summed E-state index contributed by atoms with van der Waals surface area (Å²) < 4.78 is 28.1. The maximum absolute atomic E-state index is 13.2. The number of amides is 1. The van der Waals surface area contributed by atoms with Crippen molar-refractivity contribution in [1.29, 1.82) is 0 Å². The topological polar surface area (TPSA) is 58.4 Å². The number of imidazole rings is 1. The van der Waals surface area contributed by atoms with Crippen molar-refractivity contribution in [3.63, 3.8) is 0 Å². The molecule has 0 saturated heterocycles. The summed E-state index contributed by atoms with van der Waals surface area (Å²) in [4.78, 5) is 17.8. The van der Waals surface area contributed by atoms with Crippen LogP contribution in [0.2, 0.25) is 0 Å². The van der Waals surface area contributed by atoms with Crippen LogP contribution in [0.1, 0.15) is 11.4 Å². The normalized spacial score (nSPS) is 10.7. The molecule has 0 atom stereocenters. The third-order valence-corrected chi connectivity index (χ3v) is 3.25. The number of rotatable bonds is 6. The van der Waals surface area contributed by atoms with E-state index in [-0.39, 0.29) is 37.6 Å². The molecule has 1 N–H and O–H groups in total. The molecular weight excluding hydrogens is 292 g/mol. The number of aryl methyl sites for hydroxylation is 1. The van der Waals surface area contributed by atoms with Gasteiger partial charge in [0.1, 0.15) is 17.5 Å². The van der Waals surface area contributed by atoms with Gasteiger partial charge in [-0.2, -0.15) is 0 Å². The van der Waals surface area contributed by atoms with Gasteiger partial charge in [-0.1, -0.05) is 0 Å². The Kier molecular flexibility index (Phi) is 5.21. The first-order valence-corrected chi connectivity index (χ1v) is 6.79. The summed E-state index contributed by atoms with van der Waals surface area (Å²) in [7, 11) is 1.80. The zero-order valence-corrected chi connectivity index (χ0v) is 12.2. The number of nitrogens with zero attached hydrogens (tertiary/aromatic N) is 3. The van der Waals surface area contributed by atoms with Gasteiger partial charge in [0, 0.05) is 32.1 Å². The molecule has 1 aromatic carbocycles. The monoisotopic (exact) mass is 309 g/mol. The van der Waals surface area contributed by atoms with Crippen LogP contribution in [-0.2, 0) is 24.8 Å². The van der Waals surface area contributed by atoms with Gasteiger partial charge in [-0.15, -0.1) is 0 Å². The van der Waals surface area contributed by atoms with Crippen LogP contribution < -0.4 is 0 Å². The van der Waals surface area contributed by atoms with Gasteiger partial charge >= 0.3 is 0 Å². The van der Waals surface area contributed by atoms with E-state index in [1.807, 2.05) is 0 Å². The van der Waals surface area contributed by atoms with Crippen molar-refractivity contribution in [2.24, 2.45) is 7.05 Å². The van der Waals surface area contributed by atoms with Crippen LogP contribution in [0.5, 0.6) is 0 Å². The first kappa shape index (κ1) is 16.1. The standard InChI is InChI=1S/C15H17F2N3O2/c1-19-3-2-18-14(19)10-20(4-5-21)15(22)8-11-6-12(16)9-13(17)7-11/h2-3,6-7,9,21H,4-5,8,10H2,1H3. The van der Waals surface area contributed by atoms with Gasteiger partial charge in [-0.3, -0.25) is 4.79 Å². The molecule has 1 heterocycles. The Labute approximate surface area is 126 Å². The predicted molar refractivity (Wildman–Crippen MR) is 75.8 cm³/mol. The first-order chi connectivity index (χ1) is 10.5. The summed E-state index contributed by atoms with van der Waals surface area (Å²) >= 11 is 0. The number of aliphatic hydroxyl groups is 1. The minimum absolute atomic E-state index is 0.128. The molecular formula is C15H17F2N3O2. The Hall–Kier alpha value is -2.28. The smallest absolute Gasteiger partial charge is 0.227 e. The largest absolute Gasteiger partial charge is 0.395 e. The third-order valence-electron chi connectivity index (χ3n) is 3.25. The lowest BCUT2D eigenvalue weighted by atomic mass is 10.1. The van der Waals surface area contributed by atoms with E-state index in [9.17, 15) is 13.6 Å². The second kappa shape index (κ2) is 7.13. The van der Waals surface area contributed by atoms with E-state index in [4.69, 9.17) is 5.11 Å². The van der Waals surface area contributed by atoms with E-state index in [0.717, 1.165) is 18.2 Å². The van der Waals surface area contributed by atoms with Crippen molar-refractivity contribution in [1.82, 2.24) is 14.5 Å². The maximum atomic E-state index is 13.2. The number of aliphatic hydroxyl groups excluding tert-OH is 1. The van der Waals surface area contributed by atoms with Crippen LogP contribution in [0.4, 0.5) is 8.78 Å². The second-order valence-corrected chi connectivity index (χ2v) is 4.95. The average molecular weight is 309 g/mol. The molecule has 0 unspecified atom stereocenters. The maximum Gasteiger partial charge on any atom is 0.227 e. The molecule has 0 spiro atoms. The zero-order chi connectivity index (χ0) is 16.1. The number of carbonyl (C=O) groups excluding carboxylic acids is 1. The molecule has 1 amide bonds. The SMILES string of the molecule is Cn1ccnc1CN(CCO)C(=O)Cc1cc(F)cc(F)c1. The van der Waals surface area contributed by atoms with Gasteiger partial charge in [0.15, 0.2) is 0 Å². The van der Waals surface area contributed by atoms with Gasteiger partial charge in [-0.25, -0.2) is 13.8 Å². The zero-order valence-electron chi connectivity index (χ0n) is 12.2. The Balaban J connectivity index is 2.10. The van der Waals surface area contributed by atoms with Crippen LogP contribution in [0.15, 0.2) is 30.6 Å². The summed E-state index contributed by atoms with van der Waals surface area (Å²) in [5, 5.41) is 9.10. The van der Waals surface area contributed by atoms with Crippen molar-refractivity contribution in [2.45, 2.75) is 13.0 Å². The molecule has 7 heteroatoms. The lowest BCUT2D eigenvalue weighted by Crippen LogP contribution is -2.35. The summed E-state index contributed by atoms with van der Waals surface area (Å²) in [6, 6.07) is 3.01. The van der Waals surface area contributed by atoms with E-state index in [1.54, 1.807) is 24.0 Å². The highest BCUT2D eigenvalue weighted by Gasteiger charge is 2.16. The lowest BCUT2D eigenvalue weighted by molar-refractivity contribution is -0.131. The fraction of sp³-hybridized carbons (Fsp3) is 0.333. The molecule has 2 aromatic rings. The van der Waals surface area contributed by atoms with Crippen molar-refractivity contribution >= 4 is 5.91 Å². The molecule has 0 radical (unpaired) electrons. The van der Waals surface area contributed by atoms with Crippen molar-refractivity contribution in [2.75, 3.05) is 13.2 Å². The third kappa shape index (κ3) is 4.11. The highest BCUT2D eigenvalue weighted by molar-refractivity contribution is 5.78. The van der Waals surface area contributed by atoms with Crippen LogP contribution in [-0.4, -0.2) is 38.6 Å². The molecule has 118 valence electrons. The molecule has 1 aromatic heterocycles. The molecule has 0 fully saturated rings. The molecule has 0 aliphatic rings. The minimum Gasteiger partial charge on any atom is -0.395 e. The van der Waals surface area contributed by atoms with E-state index in [2.05, 4.69) is 4.98 Å². The van der Waals surface area contributed by atoms with Gasteiger partial charge in [0.05, 0.1) is 19.6 Å². The summed E-state index contributed by atoms with van der Waals surface area (Å²) in [6.45, 7) is 0.151. The fourth-order valence-electron chi connectivity index (χ4n) is 2.13. The van der Waals surface area contributed by atoms with Crippen molar-refractivity contribution in [3.05, 3.63) is 53.6 Å². The number of halogens is 2. The number of hydrogen-bond donors (Lipinski definition) is 1. The van der Waals surface area contributed by atoms with E-state index in [0.29, 0.717) is 5.82 Å². The van der Waals surface area contributed by atoms with Crippen LogP contribution >= 0.6 is 0 Å². The van der Waals surface area contributed by atoms with Crippen LogP contribution in [0.3, 0.4) is 0 Å². The van der Waals surface area contributed by atoms with Crippen molar-refractivity contribution in [3.8, 4) is 0 Å². The minimum atomic E-state index is -0.722. The summed E-state index contributed by atoms with van der Waals surface area (Å²) in [5.74, 6) is -1.12. The van der Waals surface area contributed by atoms with Crippen LogP contribution in [0.25, 0.3) is 0 Å². The van der Waals surface area contributed by atoms with E-state index < -0.39 is 11.6 Å². The van der Waals surface area contributed by atoms with Gasteiger partial charge in [-0.05, 0) is 17.7 Å². The van der Waals surface area contributed by atoms with E-state index >= 15 is 0 Å². The number of benzene rings is 1.